The largest absolute Gasteiger partial charge is 0.496 e. The first-order valence-corrected chi connectivity index (χ1v) is 9.40. The molecule has 2 heterocycles. The van der Waals surface area contributed by atoms with Crippen molar-refractivity contribution in [1.29, 1.82) is 0 Å². The number of nitrogens with zero attached hydrogens (tertiary/aromatic N) is 1. The molecule has 7 nitrogen and oxygen atoms in total. The quantitative estimate of drug-likeness (QED) is 0.341. The van der Waals surface area contributed by atoms with Crippen LogP contribution in [0.5, 0.6) is 11.5 Å². The molecular formula is C20H22N2O5S. The highest BCUT2D eigenvalue weighted by atomic mass is 32.1. The van der Waals surface area contributed by atoms with Gasteiger partial charge in [0, 0.05) is 24.6 Å². The van der Waals surface area contributed by atoms with Gasteiger partial charge in [0.25, 0.3) is 11.8 Å². The topological polar surface area (TPSA) is 77.1 Å². The molecule has 0 radical (unpaired) electrons. The number of carbonyl (C=O) groups is 2. The van der Waals surface area contributed by atoms with E-state index in [1.807, 2.05) is 0 Å². The van der Waals surface area contributed by atoms with Gasteiger partial charge in [0.2, 0.25) is 0 Å². The Morgan fingerprint density at radius 1 is 1.39 bits per heavy atom. The number of hydrogen-bond donors (Lipinski definition) is 1. The summed E-state index contributed by atoms with van der Waals surface area (Å²) in [4.78, 5) is 26.2. The second kappa shape index (κ2) is 8.99. The Hall–Kier alpha value is -2.71. The Morgan fingerprint density at radius 3 is 2.89 bits per heavy atom. The van der Waals surface area contributed by atoms with Crippen molar-refractivity contribution >= 4 is 35.2 Å². The predicted molar refractivity (Wildman–Crippen MR) is 108 cm³/mol. The zero-order valence-electron chi connectivity index (χ0n) is 15.6. The second-order valence-corrected chi connectivity index (χ2v) is 6.73. The van der Waals surface area contributed by atoms with E-state index < -0.39 is 11.8 Å². The van der Waals surface area contributed by atoms with Crippen LogP contribution in [0.15, 0.2) is 36.4 Å². The Kier molecular flexibility index (Phi) is 6.43. The zero-order chi connectivity index (χ0) is 20.1. The predicted octanol–water partition coefficient (Wildman–Crippen LogP) is 2.41. The van der Waals surface area contributed by atoms with E-state index in [0.717, 1.165) is 19.3 Å². The molecule has 0 aromatic heterocycles. The third-order valence-corrected chi connectivity index (χ3v) is 4.73. The summed E-state index contributed by atoms with van der Waals surface area (Å²) in [5.41, 5.74) is 0.544. The molecule has 0 bridgehead atoms. The number of carbonyl (C=O) groups excluding carboxylic acids is 2. The zero-order valence-corrected chi connectivity index (χ0v) is 16.4. The number of nitrogens with one attached hydrogen (secondary N) is 1. The van der Waals surface area contributed by atoms with Crippen molar-refractivity contribution in [2.45, 2.75) is 25.6 Å². The van der Waals surface area contributed by atoms with Gasteiger partial charge in [0.1, 0.15) is 17.1 Å². The molecule has 28 heavy (non-hydrogen) atoms. The van der Waals surface area contributed by atoms with Crippen LogP contribution in [-0.4, -0.2) is 48.4 Å². The number of methoxy groups -OCH3 is 1. The van der Waals surface area contributed by atoms with Gasteiger partial charge in [-0.3, -0.25) is 19.8 Å². The summed E-state index contributed by atoms with van der Waals surface area (Å²) >= 11 is 5.05. The van der Waals surface area contributed by atoms with E-state index in [1.165, 1.54) is 18.1 Å². The number of thiocarbonyl (C=S) groups is 1. The number of hydrogen-bond acceptors (Lipinski definition) is 6. The number of rotatable bonds is 6. The maximum Gasteiger partial charge on any atom is 0.265 e. The van der Waals surface area contributed by atoms with Crippen LogP contribution in [0.4, 0.5) is 0 Å². The van der Waals surface area contributed by atoms with Crippen molar-refractivity contribution in [2.75, 3.05) is 20.3 Å². The minimum absolute atomic E-state index is 0.0296. The maximum absolute atomic E-state index is 12.6. The Bertz CT molecular complexity index is 830. The minimum atomic E-state index is -0.548. The minimum Gasteiger partial charge on any atom is -0.496 e. The van der Waals surface area contributed by atoms with E-state index in [4.69, 9.17) is 26.4 Å². The van der Waals surface area contributed by atoms with Gasteiger partial charge in [-0.05, 0) is 43.3 Å². The lowest BCUT2D eigenvalue weighted by Gasteiger charge is -2.28. The monoisotopic (exact) mass is 402 g/mol. The molecule has 1 N–H and O–H groups in total. The maximum atomic E-state index is 12.6. The van der Waals surface area contributed by atoms with E-state index in [0.29, 0.717) is 23.7 Å². The van der Waals surface area contributed by atoms with Crippen LogP contribution in [0.25, 0.3) is 6.08 Å². The molecule has 0 saturated carbocycles. The molecule has 3 rings (SSSR count). The first-order valence-electron chi connectivity index (χ1n) is 8.99. The molecule has 2 aliphatic heterocycles. The van der Waals surface area contributed by atoms with E-state index in [2.05, 4.69) is 11.9 Å². The third-order valence-electron chi connectivity index (χ3n) is 4.41. The molecule has 1 aromatic carbocycles. The van der Waals surface area contributed by atoms with Crippen LogP contribution < -0.4 is 14.8 Å². The molecule has 1 aromatic rings. The molecule has 2 saturated heterocycles. The third kappa shape index (κ3) is 4.40. The molecule has 2 amide bonds. The summed E-state index contributed by atoms with van der Waals surface area (Å²) in [5, 5.41) is 2.58. The first-order chi connectivity index (χ1) is 13.5. The van der Waals surface area contributed by atoms with E-state index in [1.54, 1.807) is 24.3 Å². The Balaban J connectivity index is 1.85. The molecule has 148 valence electrons. The van der Waals surface area contributed by atoms with E-state index in [-0.39, 0.29) is 23.5 Å². The van der Waals surface area contributed by atoms with E-state index in [9.17, 15) is 9.59 Å². The molecule has 0 spiro atoms. The van der Waals surface area contributed by atoms with Gasteiger partial charge in [-0.1, -0.05) is 6.08 Å². The highest BCUT2D eigenvalue weighted by molar-refractivity contribution is 7.80. The average Bonchev–Trinajstić information content (AvgIpc) is 2.70. The second-order valence-electron chi connectivity index (χ2n) is 6.34. The summed E-state index contributed by atoms with van der Waals surface area (Å²) in [5.74, 6) is 0.0459. The van der Waals surface area contributed by atoms with Crippen LogP contribution in [-0.2, 0) is 14.3 Å². The fourth-order valence-corrected chi connectivity index (χ4v) is 3.23. The lowest BCUT2D eigenvalue weighted by Crippen LogP contribution is -2.53. The molecule has 0 aliphatic carbocycles. The molecule has 1 unspecified atom stereocenters. The smallest absolute Gasteiger partial charge is 0.265 e. The number of amides is 2. The first kappa shape index (κ1) is 20.0. The van der Waals surface area contributed by atoms with Crippen LogP contribution >= 0.6 is 12.2 Å². The summed E-state index contributed by atoms with van der Waals surface area (Å²) in [6.45, 7) is 4.50. The van der Waals surface area contributed by atoms with Gasteiger partial charge in [-0.25, -0.2) is 0 Å². The van der Waals surface area contributed by atoms with Gasteiger partial charge in [0.15, 0.2) is 11.4 Å². The van der Waals surface area contributed by atoms with Crippen LogP contribution in [0, 0.1) is 0 Å². The SMILES string of the molecule is C=CCN1C(=O)/C(=C/c2ccc(OC3CCCCO3)cc2OC)C(=O)NC1=S. The number of benzene rings is 1. The molecule has 8 heteroatoms. The summed E-state index contributed by atoms with van der Waals surface area (Å²) in [6, 6.07) is 5.20. The van der Waals surface area contributed by atoms with Gasteiger partial charge in [-0.2, -0.15) is 0 Å². The molecule has 2 fully saturated rings. The molecule has 2 aliphatic rings. The van der Waals surface area contributed by atoms with Gasteiger partial charge in [0.05, 0.1) is 13.7 Å². The summed E-state index contributed by atoms with van der Waals surface area (Å²) < 4.78 is 16.8. The average molecular weight is 402 g/mol. The Labute approximate surface area is 168 Å². The van der Waals surface area contributed by atoms with Gasteiger partial charge in [-0.15, -0.1) is 6.58 Å². The fourth-order valence-electron chi connectivity index (χ4n) is 2.98. The van der Waals surface area contributed by atoms with Crippen molar-refractivity contribution in [1.82, 2.24) is 10.2 Å². The Morgan fingerprint density at radius 2 is 2.21 bits per heavy atom. The van der Waals surface area contributed by atoms with Crippen molar-refractivity contribution in [3.05, 3.63) is 42.0 Å². The van der Waals surface area contributed by atoms with Crippen molar-refractivity contribution in [3.63, 3.8) is 0 Å². The lowest BCUT2D eigenvalue weighted by molar-refractivity contribution is -0.128. The normalized spacial score (nSPS) is 21.5. The van der Waals surface area contributed by atoms with Crippen LogP contribution in [0.2, 0.25) is 0 Å². The van der Waals surface area contributed by atoms with Crippen molar-refractivity contribution in [3.8, 4) is 11.5 Å². The van der Waals surface area contributed by atoms with Crippen molar-refractivity contribution < 1.29 is 23.8 Å². The molecular weight excluding hydrogens is 380 g/mol. The van der Waals surface area contributed by atoms with Crippen LogP contribution in [0.1, 0.15) is 24.8 Å². The van der Waals surface area contributed by atoms with E-state index >= 15 is 0 Å². The molecule has 1 atom stereocenters. The summed E-state index contributed by atoms with van der Waals surface area (Å²) in [7, 11) is 1.51. The van der Waals surface area contributed by atoms with Crippen LogP contribution in [0.3, 0.4) is 0 Å². The standard InChI is InChI=1S/C20H22N2O5S/c1-3-9-22-19(24)15(18(23)21-20(22)28)11-13-7-8-14(12-16(13)25-2)27-17-6-4-5-10-26-17/h3,7-8,11-12,17H,1,4-6,9-10H2,2H3,(H,21,23,28)/b15-11+. The highest BCUT2D eigenvalue weighted by Crippen LogP contribution is 2.29. The highest BCUT2D eigenvalue weighted by Gasteiger charge is 2.32. The van der Waals surface area contributed by atoms with Gasteiger partial charge < -0.3 is 14.2 Å². The summed E-state index contributed by atoms with van der Waals surface area (Å²) in [6.07, 6.45) is 5.68. The van der Waals surface area contributed by atoms with Crippen molar-refractivity contribution in [2.24, 2.45) is 0 Å². The number of ether oxygens (including phenoxy) is 3. The lowest BCUT2D eigenvalue weighted by atomic mass is 10.1. The van der Waals surface area contributed by atoms with Gasteiger partial charge >= 0.3 is 0 Å². The fraction of sp³-hybridized carbons (Fsp3) is 0.350.